The Kier molecular flexibility index (Phi) is 3.76. The highest BCUT2D eigenvalue weighted by Crippen LogP contribution is 2.14. The van der Waals surface area contributed by atoms with Crippen molar-refractivity contribution in [3.63, 3.8) is 0 Å². The summed E-state index contributed by atoms with van der Waals surface area (Å²) in [5.74, 6) is 0.820. The van der Waals surface area contributed by atoms with Crippen LogP contribution in [0.15, 0.2) is 18.5 Å². The van der Waals surface area contributed by atoms with E-state index in [1.165, 1.54) is 0 Å². The lowest BCUT2D eigenvalue weighted by Gasteiger charge is -2.39. The van der Waals surface area contributed by atoms with Crippen LogP contribution in [0, 0.1) is 0 Å². The van der Waals surface area contributed by atoms with Crippen LogP contribution in [0.3, 0.4) is 0 Å². The van der Waals surface area contributed by atoms with Crippen molar-refractivity contribution in [1.82, 2.24) is 19.8 Å². The number of hydrogen-bond acceptors (Lipinski definition) is 5. The van der Waals surface area contributed by atoms with Gasteiger partial charge in [-0.1, -0.05) is 0 Å². The van der Waals surface area contributed by atoms with Crippen LogP contribution >= 0.6 is 0 Å². The van der Waals surface area contributed by atoms with Crippen LogP contribution in [0.2, 0.25) is 0 Å². The van der Waals surface area contributed by atoms with E-state index in [9.17, 15) is 4.79 Å². The summed E-state index contributed by atoms with van der Waals surface area (Å²) in [5, 5.41) is 0. The van der Waals surface area contributed by atoms with Crippen LogP contribution in [-0.2, 0) is 4.79 Å². The van der Waals surface area contributed by atoms with Crippen LogP contribution in [0.25, 0.3) is 0 Å². The Morgan fingerprint density at radius 1 is 1.33 bits per heavy atom. The van der Waals surface area contributed by atoms with Gasteiger partial charge in [-0.05, 0) is 13.1 Å². The van der Waals surface area contributed by atoms with E-state index in [1.54, 1.807) is 37.5 Å². The number of rotatable bonds is 2. The highest BCUT2D eigenvalue weighted by Gasteiger charge is 2.31. The molecule has 6 nitrogen and oxygen atoms in total. The molecule has 0 saturated carbocycles. The van der Waals surface area contributed by atoms with Gasteiger partial charge in [0.05, 0.1) is 0 Å². The van der Waals surface area contributed by atoms with Crippen molar-refractivity contribution in [3.05, 3.63) is 18.5 Å². The minimum absolute atomic E-state index is 0.123. The molecule has 2 heterocycles. The van der Waals surface area contributed by atoms with Crippen LogP contribution in [0.4, 0.5) is 5.95 Å². The summed E-state index contributed by atoms with van der Waals surface area (Å²) >= 11 is 0. The monoisotopic (exact) mass is 249 g/mol. The molecule has 0 spiro atoms. The first kappa shape index (κ1) is 12.8. The molecule has 1 atom stereocenters. The number of nitrogens with zero attached hydrogens (tertiary/aromatic N) is 5. The van der Waals surface area contributed by atoms with E-state index in [-0.39, 0.29) is 11.9 Å². The lowest BCUT2D eigenvalue weighted by atomic mass is 10.1. The van der Waals surface area contributed by atoms with Gasteiger partial charge in [-0.2, -0.15) is 0 Å². The molecule has 18 heavy (non-hydrogen) atoms. The van der Waals surface area contributed by atoms with E-state index >= 15 is 0 Å². The van der Waals surface area contributed by atoms with Gasteiger partial charge in [0.15, 0.2) is 0 Å². The summed E-state index contributed by atoms with van der Waals surface area (Å²) < 4.78 is 0. The maximum atomic E-state index is 12.1. The molecule has 2 rings (SSSR count). The van der Waals surface area contributed by atoms with E-state index in [4.69, 9.17) is 0 Å². The summed E-state index contributed by atoms with van der Waals surface area (Å²) in [7, 11) is 5.55. The number of anilines is 1. The molecule has 0 aliphatic carbocycles. The minimum atomic E-state index is -0.127. The third kappa shape index (κ3) is 2.59. The highest BCUT2D eigenvalue weighted by molar-refractivity contribution is 5.82. The fourth-order valence-electron chi connectivity index (χ4n) is 2.07. The standard InChI is InChI=1S/C12H19N5O/c1-15(2)11(18)10-9-17(8-7-16(10)3)12-13-5-4-6-14-12/h4-6,10H,7-9H2,1-3H3/t10-/m0/s1. The number of likely N-dealkylation sites (N-methyl/N-ethyl adjacent to an activating group) is 2. The van der Waals surface area contributed by atoms with Crippen LogP contribution < -0.4 is 4.90 Å². The van der Waals surface area contributed by atoms with Crippen molar-refractivity contribution in [2.75, 3.05) is 45.7 Å². The normalized spacial score (nSPS) is 20.8. The predicted octanol–water partition coefficient (Wildman–Crippen LogP) is -0.315. The highest BCUT2D eigenvalue weighted by atomic mass is 16.2. The number of hydrogen-bond donors (Lipinski definition) is 0. The largest absolute Gasteiger partial charge is 0.347 e. The van der Waals surface area contributed by atoms with Crippen molar-refractivity contribution in [1.29, 1.82) is 0 Å². The first-order chi connectivity index (χ1) is 8.59. The molecular weight excluding hydrogens is 230 g/mol. The van der Waals surface area contributed by atoms with Crippen molar-refractivity contribution < 1.29 is 4.79 Å². The van der Waals surface area contributed by atoms with Crippen molar-refractivity contribution >= 4 is 11.9 Å². The molecule has 98 valence electrons. The second-order valence-corrected chi connectivity index (χ2v) is 4.72. The van der Waals surface area contributed by atoms with Gasteiger partial charge in [-0.25, -0.2) is 9.97 Å². The third-order valence-electron chi connectivity index (χ3n) is 3.21. The number of aromatic nitrogens is 2. The minimum Gasteiger partial charge on any atom is -0.347 e. The second-order valence-electron chi connectivity index (χ2n) is 4.72. The molecule has 1 aliphatic heterocycles. The Hall–Kier alpha value is -1.69. The number of carbonyl (C=O) groups excluding carboxylic acids is 1. The lowest BCUT2D eigenvalue weighted by molar-refractivity contribution is -0.134. The molecule has 1 aromatic heterocycles. The molecule has 0 N–H and O–H groups in total. The van der Waals surface area contributed by atoms with Gasteiger partial charge in [0.2, 0.25) is 11.9 Å². The van der Waals surface area contributed by atoms with Gasteiger partial charge in [0.1, 0.15) is 6.04 Å². The van der Waals surface area contributed by atoms with Gasteiger partial charge in [-0.15, -0.1) is 0 Å². The average molecular weight is 249 g/mol. The van der Waals surface area contributed by atoms with Crippen molar-refractivity contribution in [3.8, 4) is 0 Å². The van der Waals surface area contributed by atoms with E-state index in [0.29, 0.717) is 12.5 Å². The molecule has 1 amide bonds. The van der Waals surface area contributed by atoms with Gasteiger partial charge in [0, 0.05) is 46.1 Å². The van der Waals surface area contributed by atoms with Crippen molar-refractivity contribution in [2.45, 2.75) is 6.04 Å². The molecule has 1 fully saturated rings. The zero-order valence-electron chi connectivity index (χ0n) is 11.1. The van der Waals surface area contributed by atoms with Gasteiger partial charge >= 0.3 is 0 Å². The Morgan fingerprint density at radius 3 is 2.61 bits per heavy atom. The molecule has 1 saturated heterocycles. The zero-order valence-corrected chi connectivity index (χ0v) is 11.1. The summed E-state index contributed by atoms with van der Waals surface area (Å²) in [4.78, 5) is 26.4. The fraction of sp³-hybridized carbons (Fsp3) is 0.583. The smallest absolute Gasteiger partial charge is 0.241 e. The lowest BCUT2D eigenvalue weighted by Crippen LogP contribution is -2.57. The van der Waals surface area contributed by atoms with Crippen LogP contribution in [0.5, 0.6) is 0 Å². The summed E-state index contributed by atoms with van der Waals surface area (Å²) in [5.41, 5.74) is 0. The molecule has 0 bridgehead atoms. The first-order valence-electron chi connectivity index (χ1n) is 6.03. The Bertz CT molecular complexity index is 408. The van der Waals surface area contributed by atoms with Crippen LogP contribution in [0.1, 0.15) is 0 Å². The quantitative estimate of drug-likeness (QED) is 0.719. The molecule has 1 aromatic rings. The number of piperazine rings is 1. The topological polar surface area (TPSA) is 52.6 Å². The van der Waals surface area contributed by atoms with Gasteiger partial charge < -0.3 is 9.80 Å². The molecule has 6 heteroatoms. The zero-order chi connectivity index (χ0) is 13.1. The van der Waals surface area contributed by atoms with E-state index in [0.717, 1.165) is 13.1 Å². The fourth-order valence-corrected chi connectivity index (χ4v) is 2.07. The Morgan fingerprint density at radius 2 is 2.00 bits per heavy atom. The molecular formula is C12H19N5O. The maximum Gasteiger partial charge on any atom is 0.241 e. The van der Waals surface area contributed by atoms with E-state index < -0.39 is 0 Å². The Balaban J connectivity index is 2.12. The van der Waals surface area contributed by atoms with Crippen LogP contribution in [-0.4, -0.2) is 72.5 Å². The average Bonchev–Trinajstić information content (AvgIpc) is 2.39. The number of amides is 1. The third-order valence-corrected chi connectivity index (χ3v) is 3.21. The summed E-state index contributed by atoms with van der Waals surface area (Å²) in [6.07, 6.45) is 3.45. The molecule has 1 aliphatic rings. The SMILES string of the molecule is CN(C)C(=O)[C@@H]1CN(c2ncccn2)CCN1C. The van der Waals surface area contributed by atoms with Gasteiger partial charge in [-0.3, -0.25) is 9.69 Å². The Labute approximate surface area is 107 Å². The number of carbonyl (C=O) groups is 1. The summed E-state index contributed by atoms with van der Waals surface area (Å²) in [6, 6.07) is 1.67. The first-order valence-corrected chi connectivity index (χ1v) is 6.03. The maximum absolute atomic E-state index is 12.1. The van der Waals surface area contributed by atoms with Gasteiger partial charge in [0.25, 0.3) is 0 Å². The van der Waals surface area contributed by atoms with E-state index in [1.807, 2.05) is 7.05 Å². The molecule has 0 radical (unpaired) electrons. The predicted molar refractivity (Wildman–Crippen MR) is 69.4 cm³/mol. The molecule has 0 unspecified atom stereocenters. The molecule has 0 aromatic carbocycles. The second kappa shape index (κ2) is 5.30. The van der Waals surface area contributed by atoms with E-state index in [2.05, 4.69) is 19.8 Å². The van der Waals surface area contributed by atoms with Crippen molar-refractivity contribution in [2.24, 2.45) is 0 Å². The summed E-state index contributed by atoms with van der Waals surface area (Å²) in [6.45, 7) is 2.32.